The van der Waals surface area contributed by atoms with Crippen LogP contribution in [0.2, 0.25) is 0 Å². The molecule has 104 valence electrons. The van der Waals surface area contributed by atoms with Gasteiger partial charge in [0.15, 0.2) is 0 Å². The summed E-state index contributed by atoms with van der Waals surface area (Å²) in [5, 5.41) is 2.42. The molecule has 0 atom stereocenters. The van der Waals surface area contributed by atoms with Gasteiger partial charge in [-0.05, 0) is 32.9 Å². The number of rotatable bonds is 3. The van der Waals surface area contributed by atoms with E-state index in [9.17, 15) is 9.59 Å². The highest BCUT2D eigenvalue weighted by Gasteiger charge is 2.18. The Hall–Kier alpha value is -2.11. The van der Waals surface area contributed by atoms with Gasteiger partial charge in [0, 0.05) is 13.2 Å². The number of carbonyl (C=O) groups is 2. The maximum atomic E-state index is 11.8. The molecule has 0 radical (unpaired) electrons. The molecule has 0 saturated carbocycles. The third kappa shape index (κ3) is 5.37. The molecule has 1 heterocycles. The lowest BCUT2D eigenvalue weighted by Crippen LogP contribution is -2.40. The largest absolute Gasteiger partial charge is 0.444 e. The molecule has 0 aromatic carbocycles. The van der Waals surface area contributed by atoms with Gasteiger partial charge in [0.05, 0.1) is 11.9 Å². The number of nitrogens with one attached hydrogen (secondary N) is 1. The third-order valence-electron chi connectivity index (χ3n) is 2.19. The topological polar surface area (TPSA) is 71.5 Å². The number of likely N-dealkylation sites (N-methyl/N-ethyl adjacent to an activating group) is 1. The summed E-state index contributed by atoms with van der Waals surface area (Å²) in [7, 11) is 1.62. The maximum Gasteiger partial charge on any atom is 0.408 e. The van der Waals surface area contributed by atoms with Crippen LogP contribution in [0.15, 0.2) is 24.5 Å². The molecule has 2 amide bonds. The summed E-state index contributed by atoms with van der Waals surface area (Å²) in [5.74, 6) is -0.251. The highest BCUT2D eigenvalue weighted by atomic mass is 16.6. The molecule has 0 spiro atoms. The third-order valence-corrected chi connectivity index (χ3v) is 2.19. The lowest BCUT2D eigenvalue weighted by Gasteiger charge is -2.21. The molecule has 1 rings (SSSR count). The second-order valence-corrected chi connectivity index (χ2v) is 5.02. The summed E-state index contributed by atoms with van der Waals surface area (Å²) in [4.78, 5) is 28.6. The molecule has 1 N–H and O–H groups in total. The number of pyridine rings is 1. The van der Waals surface area contributed by atoms with E-state index in [1.54, 1.807) is 52.3 Å². The summed E-state index contributed by atoms with van der Waals surface area (Å²) in [6.07, 6.45) is 2.59. The zero-order valence-electron chi connectivity index (χ0n) is 11.6. The van der Waals surface area contributed by atoms with Crippen molar-refractivity contribution in [3.8, 4) is 0 Å². The van der Waals surface area contributed by atoms with Gasteiger partial charge in [0.1, 0.15) is 12.1 Å². The predicted octanol–water partition coefficient (Wildman–Crippen LogP) is 1.57. The van der Waals surface area contributed by atoms with Crippen LogP contribution in [-0.2, 0) is 9.53 Å². The molecule has 0 unspecified atom stereocenters. The van der Waals surface area contributed by atoms with Gasteiger partial charge in [-0.25, -0.2) is 4.79 Å². The molecule has 0 aliphatic heterocycles. The minimum atomic E-state index is -0.611. The minimum absolute atomic E-state index is 0.125. The molecular formula is C13H19N3O3. The Morgan fingerprint density at radius 3 is 2.63 bits per heavy atom. The number of nitrogens with zero attached hydrogens (tertiary/aromatic N) is 2. The van der Waals surface area contributed by atoms with E-state index >= 15 is 0 Å². The summed E-state index contributed by atoms with van der Waals surface area (Å²) in [6.45, 7) is 5.16. The zero-order chi connectivity index (χ0) is 14.5. The zero-order valence-corrected chi connectivity index (χ0v) is 11.6. The van der Waals surface area contributed by atoms with Crippen LogP contribution in [0.3, 0.4) is 0 Å². The van der Waals surface area contributed by atoms with E-state index in [2.05, 4.69) is 10.3 Å². The van der Waals surface area contributed by atoms with Crippen LogP contribution in [0.1, 0.15) is 20.8 Å². The molecule has 6 nitrogen and oxygen atoms in total. The van der Waals surface area contributed by atoms with Gasteiger partial charge in [-0.3, -0.25) is 9.78 Å². The van der Waals surface area contributed by atoms with Crippen molar-refractivity contribution in [2.24, 2.45) is 0 Å². The van der Waals surface area contributed by atoms with Gasteiger partial charge < -0.3 is 15.0 Å². The Labute approximate surface area is 112 Å². The van der Waals surface area contributed by atoms with Crippen LogP contribution in [0.4, 0.5) is 10.5 Å². The molecule has 0 bridgehead atoms. The molecule has 6 heteroatoms. The van der Waals surface area contributed by atoms with E-state index in [0.29, 0.717) is 5.69 Å². The molecule has 1 aromatic heterocycles. The van der Waals surface area contributed by atoms with Gasteiger partial charge in [-0.15, -0.1) is 0 Å². The van der Waals surface area contributed by atoms with Gasteiger partial charge in [-0.1, -0.05) is 0 Å². The first-order valence-corrected chi connectivity index (χ1v) is 5.93. The van der Waals surface area contributed by atoms with E-state index in [-0.39, 0.29) is 12.5 Å². The van der Waals surface area contributed by atoms with Crippen molar-refractivity contribution >= 4 is 17.7 Å². The standard InChI is InChI=1S/C13H19N3O3/c1-13(2,3)19-12(18)15-9-11(17)16(4)10-6-5-7-14-8-10/h5-8H,9H2,1-4H3,(H,15,18). The second kappa shape index (κ2) is 6.17. The van der Waals surface area contributed by atoms with Crippen molar-refractivity contribution in [1.82, 2.24) is 10.3 Å². The van der Waals surface area contributed by atoms with E-state index in [0.717, 1.165) is 0 Å². The number of carbonyl (C=O) groups excluding carboxylic acids is 2. The first-order chi connectivity index (χ1) is 8.79. The van der Waals surface area contributed by atoms with Crippen molar-refractivity contribution in [3.63, 3.8) is 0 Å². The van der Waals surface area contributed by atoms with Crippen LogP contribution in [0.25, 0.3) is 0 Å². The summed E-state index contributed by atoms with van der Waals surface area (Å²) in [5.41, 5.74) is 0.0843. The summed E-state index contributed by atoms with van der Waals surface area (Å²) >= 11 is 0. The van der Waals surface area contributed by atoms with Gasteiger partial charge in [0.2, 0.25) is 5.91 Å². The SMILES string of the molecule is CN(C(=O)CNC(=O)OC(C)(C)C)c1cccnc1. The van der Waals surface area contributed by atoms with Crippen molar-refractivity contribution < 1.29 is 14.3 Å². The van der Waals surface area contributed by atoms with Crippen LogP contribution in [0.5, 0.6) is 0 Å². The number of alkyl carbamates (subject to hydrolysis) is 1. The van der Waals surface area contributed by atoms with Crippen LogP contribution >= 0.6 is 0 Å². The van der Waals surface area contributed by atoms with E-state index in [1.807, 2.05) is 0 Å². The second-order valence-electron chi connectivity index (χ2n) is 5.02. The van der Waals surface area contributed by atoms with Crippen molar-refractivity contribution in [3.05, 3.63) is 24.5 Å². The first kappa shape index (κ1) is 14.9. The summed E-state index contributed by atoms with van der Waals surface area (Å²) in [6, 6.07) is 3.50. The maximum absolute atomic E-state index is 11.8. The fourth-order valence-corrected chi connectivity index (χ4v) is 1.28. The first-order valence-electron chi connectivity index (χ1n) is 5.93. The normalized spacial score (nSPS) is 10.7. The Morgan fingerprint density at radius 1 is 1.42 bits per heavy atom. The minimum Gasteiger partial charge on any atom is -0.444 e. The van der Waals surface area contributed by atoms with Gasteiger partial charge in [0.25, 0.3) is 0 Å². The molecule has 0 saturated heterocycles. The van der Waals surface area contributed by atoms with Crippen LogP contribution < -0.4 is 10.2 Å². The van der Waals surface area contributed by atoms with E-state index in [1.165, 1.54) is 4.90 Å². The van der Waals surface area contributed by atoms with Crippen LogP contribution in [0, 0.1) is 0 Å². The number of aromatic nitrogens is 1. The van der Waals surface area contributed by atoms with Gasteiger partial charge >= 0.3 is 6.09 Å². The highest BCUT2D eigenvalue weighted by molar-refractivity contribution is 5.95. The number of ether oxygens (including phenoxy) is 1. The molecule has 19 heavy (non-hydrogen) atoms. The lowest BCUT2D eigenvalue weighted by molar-refractivity contribution is -0.117. The Balaban J connectivity index is 2.46. The molecule has 0 fully saturated rings. The quantitative estimate of drug-likeness (QED) is 0.900. The lowest BCUT2D eigenvalue weighted by atomic mass is 10.2. The number of anilines is 1. The summed E-state index contributed by atoms with van der Waals surface area (Å²) < 4.78 is 5.04. The van der Waals surface area contributed by atoms with Gasteiger partial charge in [-0.2, -0.15) is 0 Å². The van der Waals surface area contributed by atoms with E-state index in [4.69, 9.17) is 4.74 Å². The van der Waals surface area contributed by atoms with Crippen molar-refractivity contribution in [2.45, 2.75) is 26.4 Å². The van der Waals surface area contributed by atoms with Crippen molar-refractivity contribution in [2.75, 3.05) is 18.5 Å². The molecular weight excluding hydrogens is 246 g/mol. The highest BCUT2D eigenvalue weighted by Crippen LogP contribution is 2.09. The Bertz CT molecular complexity index is 440. The van der Waals surface area contributed by atoms with E-state index < -0.39 is 11.7 Å². The average molecular weight is 265 g/mol. The van der Waals surface area contributed by atoms with Crippen LogP contribution in [-0.4, -0.2) is 36.2 Å². The average Bonchev–Trinajstić information content (AvgIpc) is 2.34. The monoisotopic (exact) mass is 265 g/mol. The van der Waals surface area contributed by atoms with Crippen molar-refractivity contribution in [1.29, 1.82) is 0 Å². The predicted molar refractivity (Wildman–Crippen MR) is 71.9 cm³/mol. The Morgan fingerprint density at radius 2 is 2.11 bits per heavy atom. The number of amides is 2. The molecule has 0 aliphatic rings. The fraction of sp³-hybridized carbons (Fsp3) is 0.462. The number of hydrogen-bond acceptors (Lipinski definition) is 4. The molecule has 1 aromatic rings. The smallest absolute Gasteiger partial charge is 0.408 e. The molecule has 0 aliphatic carbocycles. The Kier molecular flexibility index (Phi) is 4.86. The fourth-order valence-electron chi connectivity index (χ4n) is 1.28. The number of hydrogen-bond donors (Lipinski definition) is 1.